The van der Waals surface area contributed by atoms with E-state index in [0.717, 1.165) is 42.8 Å². The molecule has 1 aliphatic rings. The van der Waals surface area contributed by atoms with Gasteiger partial charge in [0.15, 0.2) is 0 Å². The highest BCUT2D eigenvalue weighted by atomic mass is 16.5. The Balaban J connectivity index is 1.68. The van der Waals surface area contributed by atoms with E-state index in [2.05, 4.69) is 41.0 Å². The van der Waals surface area contributed by atoms with Crippen molar-refractivity contribution in [2.75, 3.05) is 18.5 Å². The van der Waals surface area contributed by atoms with Gasteiger partial charge in [-0.25, -0.2) is 9.97 Å². The quantitative estimate of drug-likeness (QED) is 0.887. The van der Waals surface area contributed by atoms with Gasteiger partial charge in [0.1, 0.15) is 17.8 Å². The summed E-state index contributed by atoms with van der Waals surface area (Å²) in [7, 11) is 0. The van der Waals surface area contributed by atoms with Crippen LogP contribution in [0.15, 0.2) is 12.5 Å². The lowest BCUT2D eigenvalue weighted by Gasteiger charge is -2.38. The maximum atomic E-state index is 5.97. The van der Waals surface area contributed by atoms with E-state index < -0.39 is 0 Å². The molecule has 2 aromatic rings. The molecule has 120 valence electrons. The summed E-state index contributed by atoms with van der Waals surface area (Å²) in [6.07, 6.45) is 8.35. The zero-order chi connectivity index (χ0) is 15.6. The van der Waals surface area contributed by atoms with Crippen LogP contribution in [0.5, 0.6) is 0 Å². The summed E-state index contributed by atoms with van der Waals surface area (Å²) >= 11 is 0. The van der Waals surface area contributed by atoms with Gasteiger partial charge in [-0.15, -0.1) is 0 Å². The molecule has 0 spiro atoms. The lowest BCUT2D eigenvalue weighted by molar-refractivity contribution is -0.0692. The average molecular weight is 302 g/mol. The van der Waals surface area contributed by atoms with Crippen molar-refractivity contribution in [2.24, 2.45) is 5.41 Å². The Labute approximate surface area is 131 Å². The maximum Gasteiger partial charge on any atom is 0.143 e. The first-order valence-corrected chi connectivity index (χ1v) is 8.28. The summed E-state index contributed by atoms with van der Waals surface area (Å²) in [5.41, 5.74) is 2.43. The standard InChI is InChI=1S/C17H26N4O/c1-4-12-10-19-16-14(12)15(20-11-21-16)18-8-6-13-17(2,3)7-5-9-22-13/h10-11,13H,4-9H2,1-3H3,(H2,18,19,20,21). The number of aromatic nitrogens is 3. The van der Waals surface area contributed by atoms with Crippen molar-refractivity contribution >= 4 is 16.9 Å². The predicted molar refractivity (Wildman–Crippen MR) is 89.1 cm³/mol. The Morgan fingerprint density at radius 2 is 2.27 bits per heavy atom. The molecule has 1 fully saturated rings. The molecule has 0 aromatic carbocycles. The lowest BCUT2D eigenvalue weighted by atomic mass is 9.79. The third kappa shape index (κ3) is 2.95. The van der Waals surface area contributed by atoms with Crippen LogP contribution in [0.25, 0.3) is 11.0 Å². The summed E-state index contributed by atoms with van der Waals surface area (Å²) in [6, 6.07) is 0. The molecule has 1 atom stereocenters. The highest BCUT2D eigenvalue weighted by molar-refractivity contribution is 5.90. The largest absolute Gasteiger partial charge is 0.378 e. The SMILES string of the molecule is CCc1c[nH]c2ncnc(NCCC3OCCCC3(C)C)c12. The van der Waals surface area contributed by atoms with Crippen LogP contribution >= 0.6 is 0 Å². The maximum absolute atomic E-state index is 5.97. The van der Waals surface area contributed by atoms with Crippen molar-refractivity contribution in [1.29, 1.82) is 0 Å². The summed E-state index contributed by atoms with van der Waals surface area (Å²) < 4.78 is 5.97. The first kappa shape index (κ1) is 15.3. The smallest absolute Gasteiger partial charge is 0.143 e. The third-order valence-electron chi connectivity index (χ3n) is 4.79. The molecule has 1 aliphatic heterocycles. The van der Waals surface area contributed by atoms with Gasteiger partial charge in [-0.3, -0.25) is 0 Å². The van der Waals surface area contributed by atoms with Crippen molar-refractivity contribution in [3.8, 4) is 0 Å². The number of nitrogens with zero attached hydrogens (tertiary/aromatic N) is 2. The summed E-state index contributed by atoms with van der Waals surface area (Å²) in [4.78, 5) is 11.9. The molecule has 3 heterocycles. The normalized spacial score (nSPS) is 21.1. The molecular formula is C17H26N4O. The Bertz CT molecular complexity index is 635. The van der Waals surface area contributed by atoms with E-state index >= 15 is 0 Å². The Morgan fingerprint density at radius 3 is 3.05 bits per heavy atom. The van der Waals surface area contributed by atoms with Gasteiger partial charge in [0, 0.05) is 19.3 Å². The predicted octanol–water partition coefficient (Wildman–Crippen LogP) is 3.53. The van der Waals surface area contributed by atoms with E-state index in [0.29, 0.717) is 6.10 Å². The van der Waals surface area contributed by atoms with Crippen molar-refractivity contribution in [2.45, 2.75) is 52.6 Å². The number of hydrogen-bond donors (Lipinski definition) is 2. The first-order chi connectivity index (χ1) is 10.6. The number of rotatable bonds is 5. The van der Waals surface area contributed by atoms with Crippen LogP contribution < -0.4 is 5.32 Å². The van der Waals surface area contributed by atoms with E-state index in [1.165, 1.54) is 18.4 Å². The molecule has 0 radical (unpaired) electrons. The van der Waals surface area contributed by atoms with Crippen LogP contribution in [-0.4, -0.2) is 34.2 Å². The number of fused-ring (bicyclic) bond motifs is 1. The third-order valence-corrected chi connectivity index (χ3v) is 4.79. The molecule has 22 heavy (non-hydrogen) atoms. The Morgan fingerprint density at radius 1 is 1.41 bits per heavy atom. The molecule has 1 saturated heterocycles. The fourth-order valence-electron chi connectivity index (χ4n) is 3.38. The topological polar surface area (TPSA) is 62.8 Å². The van der Waals surface area contributed by atoms with E-state index in [9.17, 15) is 0 Å². The van der Waals surface area contributed by atoms with Crippen LogP contribution in [-0.2, 0) is 11.2 Å². The van der Waals surface area contributed by atoms with Crippen molar-refractivity contribution in [3.05, 3.63) is 18.1 Å². The number of hydrogen-bond acceptors (Lipinski definition) is 4. The van der Waals surface area contributed by atoms with E-state index in [-0.39, 0.29) is 5.41 Å². The highest BCUT2D eigenvalue weighted by Crippen LogP contribution is 2.35. The number of nitrogens with one attached hydrogen (secondary N) is 2. The van der Waals surface area contributed by atoms with E-state index in [1.807, 2.05) is 6.20 Å². The molecule has 0 bridgehead atoms. The molecule has 1 unspecified atom stereocenters. The van der Waals surface area contributed by atoms with Gasteiger partial charge in [0.2, 0.25) is 0 Å². The number of aryl methyl sites for hydroxylation is 1. The summed E-state index contributed by atoms with van der Waals surface area (Å²) in [6.45, 7) is 8.53. The second-order valence-corrected chi connectivity index (χ2v) is 6.78. The number of aromatic amines is 1. The minimum absolute atomic E-state index is 0.267. The summed E-state index contributed by atoms with van der Waals surface area (Å²) in [5.74, 6) is 0.928. The highest BCUT2D eigenvalue weighted by Gasteiger charge is 2.32. The van der Waals surface area contributed by atoms with Crippen molar-refractivity contribution in [1.82, 2.24) is 15.0 Å². The van der Waals surface area contributed by atoms with Gasteiger partial charge in [-0.05, 0) is 36.7 Å². The molecular weight excluding hydrogens is 276 g/mol. The zero-order valence-electron chi connectivity index (χ0n) is 13.8. The fourth-order valence-corrected chi connectivity index (χ4v) is 3.38. The summed E-state index contributed by atoms with van der Waals surface area (Å²) in [5, 5.41) is 4.60. The van der Waals surface area contributed by atoms with Crippen LogP contribution in [0.3, 0.4) is 0 Å². The first-order valence-electron chi connectivity index (χ1n) is 8.28. The molecule has 5 heteroatoms. The average Bonchev–Trinajstić information content (AvgIpc) is 2.93. The van der Waals surface area contributed by atoms with Crippen LogP contribution in [0.2, 0.25) is 0 Å². The van der Waals surface area contributed by atoms with Gasteiger partial charge in [-0.1, -0.05) is 20.8 Å². The molecule has 2 N–H and O–H groups in total. The van der Waals surface area contributed by atoms with Gasteiger partial charge in [0.25, 0.3) is 0 Å². The van der Waals surface area contributed by atoms with Gasteiger partial charge < -0.3 is 15.0 Å². The number of anilines is 1. The fraction of sp³-hybridized carbons (Fsp3) is 0.647. The van der Waals surface area contributed by atoms with E-state index in [4.69, 9.17) is 4.74 Å². The van der Waals surface area contributed by atoms with Crippen molar-refractivity contribution in [3.63, 3.8) is 0 Å². The number of ether oxygens (including phenoxy) is 1. The molecule has 0 aliphatic carbocycles. The van der Waals surface area contributed by atoms with Gasteiger partial charge in [-0.2, -0.15) is 0 Å². The second kappa shape index (κ2) is 6.24. The Kier molecular flexibility index (Phi) is 4.34. The molecule has 2 aromatic heterocycles. The van der Waals surface area contributed by atoms with Gasteiger partial charge in [0.05, 0.1) is 11.5 Å². The minimum atomic E-state index is 0.267. The number of H-pyrrole nitrogens is 1. The van der Waals surface area contributed by atoms with Crippen LogP contribution in [0.4, 0.5) is 5.82 Å². The van der Waals surface area contributed by atoms with Crippen molar-refractivity contribution < 1.29 is 4.74 Å². The van der Waals surface area contributed by atoms with E-state index in [1.54, 1.807) is 6.33 Å². The second-order valence-electron chi connectivity index (χ2n) is 6.78. The van der Waals surface area contributed by atoms with Gasteiger partial charge >= 0.3 is 0 Å². The Hall–Kier alpha value is -1.62. The lowest BCUT2D eigenvalue weighted by Crippen LogP contribution is -2.37. The molecule has 0 amide bonds. The molecule has 0 saturated carbocycles. The monoisotopic (exact) mass is 302 g/mol. The molecule has 5 nitrogen and oxygen atoms in total. The van der Waals surface area contributed by atoms with Crippen LogP contribution in [0, 0.1) is 5.41 Å². The zero-order valence-corrected chi connectivity index (χ0v) is 13.8. The molecule has 3 rings (SSSR count). The van der Waals surface area contributed by atoms with Crippen LogP contribution in [0.1, 0.15) is 45.6 Å². The minimum Gasteiger partial charge on any atom is -0.378 e.